The van der Waals surface area contributed by atoms with Gasteiger partial charge in [0.05, 0.1) is 0 Å². The van der Waals surface area contributed by atoms with Crippen molar-refractivity contribution < 1.29 is 14.3 Å². The van der Waals surface area contributed by atoms with Gasteiger partial charge in [-0.05, 0) is 17.7 Å². The quantitative estimate of drug-likeness (QED) is 0.590. The van der Waals surface area contributed by atoms with Crippen molar-refractivity contribution in [3.05, 3.63) is 29.8 Å². The fourth-order valence-electron chi connectivity index (χ4n) is 1.03. The Labute approximate surface area is 88.2 Å². The van der Waals surface area contributed by atoms with E-state index < -0.39 is 0 Å². The number of rotatable bonds is 5. The van der Waals surface area contributed by atoms with Crippen molar-refractivity contribution in [1.29, 1.82) is 0 Å². The second kappa shape index (κ2) is 5.80. The van der Waals surface area contributed by atoms with Gasteiger partial charge in [-0.3, -0.25) is 9.59 Å². The molecular formula is C11H13NO3. The van der Waals surface area contributed by atoms with E-state index in [1.165, 1.54) is 0 Å². The van der Waals surface area contributed by atoms with E-state index in [1.807, 2.05) is 0 Å². The number of esters is 1. The van der Waals surface area contributed by atoms with E-state index in [4.69, 9.17) is 4.74 Å². The summed E-state index contributed by atoms with van der Waals surface area (Å²) in [6, 6.07) is 7.11. The van der Waals surface area contributed by atoms with Crippen LogP contribution in [0.3, 0.4) is 0 Å². The number of ether oxygens (including phenoxy) is 1. The number of carbonyl (C=O) groups excluding carboxylic acids is 2. The molecule has 0 fully saturated rings. The molecule has 1 aromatic rings. The fourth-order valence-corrected chi connectivity index (χ4v) is 1.03. The smallest absolute Gasteiger partial charge is 0.305 e. The zero-order chi connectivity index (χ0) is 11.1. The molecule has 0 aromatic heterocycles. The monoisotopic (exact) mass is 207 g/mol. The highest BCUT2D eigenvalue weighted by Gasteiger charge is 1.99. The molecule has 0 spiro atoms. The normalized spacial score (nSPS) is 9.40. The zero-order valence-electron chi connectivity index (χ0n) is 8.53. The first-order valence-corrected chi connectivity index (χ1v) is 4.71. The third-order valence-corrected chi connectivity index (χ3v) is 1.87. The van der Waals surface area contributed by atoms with E-state index in [0.29, 0.717) is 12.8 Å². The Morgan fingerprint density at radius 2 is 2.07 bits per heavy atom. The first-order valence-electron chi connectivity index (χ1n) is 4.71. The summed E-state index contributed by atoms with van der Waals surface area (Å²) in [6.45, 7) is 2.02. The Kier molecular flexibility index (Phi) is 4.34. The average Bonchev–Trinajstić information content (AvgIpc) is 2.28. The maximum atomic E-state index is 10.9. The molecule has 1 aromatic carbocycles. The predicted octanol–water partition coefficient (Wildman–Crippen LogP) is 1.71. The van der Waals surface area contributed by atoms with Crippen LogP contribution < -0.4 is 5.32 Å². The molecule has 0 saturated carbocycles. The van der Waals surface area contributed by atoms with Crippen LogP contribution in [-0.4, -0.2) is 12.4 Å². The van der Waals surface area contributed by atoms with Crippen LogP contribution in [0.4, 0.5) is 5.69 Å². The van der Waals surface area contributed by atoms with Crippen molar-refractivity contribution in [3.63, 3.8) is 0 Å². The summed E-state index contributed by atoms with van der Waals surface area (Å²) < 4.78 is 4.95. The minimum absolute atomic E-state index is 0.218. The van der Waals surface area contributed by atoms with E-state index in [1.54, 1.807) is 31.2 Å². The van der Waals surface area contributed by atoms with E-state index >= 15 is 0 Å². The molecule has 0 unspecified atom stereocenters. The highest BCUT2D eigenvalue weighted by molar-refractivity contribution is 5.71. The van der Waals surface area contributed by atoms with Gasteiger partial charge in [-0.25, -0.2) is 0 Å². The molecule has 1 rings (SSSR count). The lowest BCUT2D eigenvalue weighted by Crippen LogP contribution is -2.02. The molecule has 80 valence electrons. The van der Waals surface area contributed by atoms with Gasteiger partial charge >= 0.3 is 5.97 Å². The molecule has 0 aliphatic heterocycles. The highest BCUT2D eigenvalue weighted by Crippen LogP contribution is 2.09. The Morgan fingerprint density at radius 1 is 1.40 bits per heavy atom. The lowest BCUT2D eigenvalue weighted by atomic mass is 10.2. The minimum Gasteiger partial charge on any atom is -0.461 e. The Hall–Kier alpha value is -1.84. The predicted molar refractivity (Wildman–Crippen MR) is 56.2 cm³/mol. The topological polar surface area (TPSA) is 55.4 Å². The summed E-state index contributed by atoms with van der Waals surface area (Å²) in [6.07, 6.45) is 0.997. The van der Waals surface area contributed by atoms with Crippen LogP contribution in [0.5, 0.6) is 0 Å². The van der Waals surface area contributed by atoms with Gasteiger partial charge in [0, 0.05) is 12.1 Å². The summed E-state index contributed by atoms with van der Waals surface area (Å²) in [4.78, 5) is 21.0. The van der Waals surface area contributed by atoms with Gasteiger partial charge in [0.1, 0.15) is 6.61 Å². The molecule has 4 nitrogen and oxygen atoms in total. The van der Waals surface area contributed by atoms with Crippen molar-refractivity contribution in [2.45, 2.75) is 20.0 Å². The lowest BCUT2D eigenvalue weighted by Gasteiger charge is -2.04. The maximum Gasteiger partial charge on any atom is 0.305 e. The van der Waals surface area contributed by atoms with E-state index in [-0.39, 0.29) is 12.6 Å². The van der Waals surface area contributed by atoms with Crippen LogP contribution in [0, 0.1) is 0 Å². The SMILES string of the molecule is CCC(=O)OCc1ccc(NC=O)cc1. The van der Waals surface area contributed by atoms with Crippen LogP contribution in [0.1, 0.15) is 18.9 Å². The largest absolute Gasteiger partial charge is 0.461 e. The van der Waals surface area contributed by atoms with Gasteiger partial charge in [-0.15, -0.1) is 0 Å². The number of carbonyl (C=O) groups is 2. The highest BCUT2D eigenvalue weighted by atomic mass is 16.5. The van der Waals surface area contributed by atoms with Gasteiger partial charge < -0.3 is 10.1 Å². The maximum absolute atomic E-state index is 10.9. The van der Waals surface area contributed by atoms with Crippen molar-refractivity contribution >= 4 is 18.1 Å². The van der Waals surface area contributed by atoms with Crippen LogP contribution in [0.25, 0.3) is 0 Å². The van der Waals surface area contributed by atoms with Crippen LogP contribution >= 0.6 is 0 Å². The summed E-state index contributed by atoms with van der Waals surface area (Å²) >= 11 is 0. The first kappa shape index (κ1) is 11.2. The van der Waals surface area contributed by atoms with Gasteiger partial charge in [-0.1, -0.05) is 19.1 Å². The van der Waals surface area contributed by atoms with Gasteiger partial charge in [0.15, 0.2) is 0 Å². The minimum atomic E-state index is -0.218. The molecule has 0 bridgehead atoms. The molecule has 0 atom stereocenters. The molecule has 0 saturated heterocycles. The lowest BCUT2D eigenvalue weighted by molar-refractivity contribution is -0.144. The second-order valence-corrected chi connectivity index (χ2v) is 2.97. The standard InChI is InChI=1S/C11H13NO3/c1-2-11(14)15-7-9-3-5-10(6-4-9)12-8-13/h3-6,8H,2,7H2,1H3,(H,12,13). The van der Waals surface area contributed by atoms with Crippen molar-refractivity contribution in [2.24, 2.45) is 0 Å². The third kappa shape index (κ3) is 3.81. The first-order chi connectivity index (χ1) is 7.26. The van der Waals surface area contributed by atoms with Gasteiger partial charge in [0.25, 0.3) is 0 Å². The Morgan fingerprint density at radius 3 is 2.60 bits per heavy atom. The number of amides is 1. The van der Waals surface area contributed by atoms with Crippen LogP contribution in [0.15, 0.2) is 24.3 Å². The van der Waals surface area contributed by atoms with Crippen LogP contribution in [0.2, 0.25) is 0 Å². The number of benzene rings is 1. The molecule has 0 radical (unpaired) electrons. The van der Waals surface area contributed by atoms with Crippen LogP contribution in [-0.2, 0) is 20.9 Å². The summed E-state index contributed by atoms with van der Waals surface area (Å²) in [5, 5.41) is 2.52. The average molecular weight is 207 g/mol. The Balaban J connectivity index is 2.49. The Bertz CT molecular complexity index is 332. The molecular weight excluding hydrogens is 194 g/mol. The van der Waals surface area contributed by atoms with Gasteiger partial charge in [0.2, 0.25) is 6.41 Å². The summed E-state index contributed by atoms with van der Waals surface area (Å²) in [5.74, 6) is -0.218. The second-order valence-electron chi connectivity index (χ2n) is 2.97. The molecule has 1 amide bonds. The number of hydrogen-bond donors (Lipinski definition) is 1. The molecule has 0 aliphatic carbocycles. The number of hydrogen-bond acceptors (Lipinski definition) is 3. The number of nitrogens with one attached hydrogen (secondary N) is 1. The van der Waals surface area contributed by atoms with Crippen molar-refractivity contribution in [2.75, 3.05) is 5.32 Å². The number of anilines is 1. The van der Waals surface area contributed by atoms with E-state index in [2.05, 4.69) is 5.32 Å². The summed E-state index contributed by atoms with van der Waals surface area (Å²) in [7, 11) is 0. The van der Waals surface area contributed by atoms with Crippen molar-refractivity contribution in [3.8, 4) is 0 Å². The van der Waals surface area contributed by atoms with Crippen molar-refractivity contribution in [1.82, 2.24) is 0 Å². The third-order valence-electron chi connectivity index (χ3n) is 1.87. The summed E-state index contributed by atoms with van der Waals surface area (Å²) in [5.41, 5.74) is 1.61. The van der Waals surface area contributed by atoms with Gasteiger partial charge in [-0.2, -0.15) is 0 Å². The fraction of sp³-hybridized carbons (Fsp3) is 0.273. The molecule has 15 heavy (non-hydrogen) atoms. The zero-order valence-corrected chi connectivity index (χ0v) is 8.53. The molecule has 4 heteroatoms. The molecule has 0 heterocycles. The molecule has 1 N–H and O–H groups in total. The van der Waals surface area contributed by atoms with E-state index in [9.17, 15) is 9.59 Å². The molecule has 0 aliphatic rings. The van der Waals surface area contributed by atoms with E-state index in [0.717, 1.165) is 11.3 Å².